The van der Waals surface area contributed by atoms with Gasteiger partial charge in [-0.25, -0.2) is 4.98 Å². The van der Waals surface area contributed by atoms with E-state index in [2.05, 4.69) is 4.98 Å². The largest absolute Gasteiger partial charge is 0.494 e. The predicted molar refractivity (Wildman–Crippen MR) is 101 cm³/mol. The third kappa shape index (κ3) is 8.27. The van der Waals surface area contributed by atoms with E-state index in [1.807, 2.05) is 0 Å². The third-order valence-electron chi connectivity index (χ3n) is 3.43. The van der Waals surface area contributed by atoms with Crippen LogP contribution in [0.15, 0.2) is 53.2 Å². The van der Waals surface area contributed by atoms with Crippen LogP contribution in [0.5, 0.6) is 17.4 Å². The number of pyridine rings is 1. The fraction of sp³-hybridized carbons (Fsp3) is 0.316. The zero-order chi connectivity index (χ0) is 20.4. The summed E-state index contributed by atoms with van der Waals surface area (Å²) in [5.41, 5.74) is -0.802. The van der Waals surface area contributed by atoms with Gasteiger partial charge < -0.3 is 14.2 Å². The van der Waals surface area contributed by atoms with E-state index >= 15 is 0 Å². The van der Waals surface area contributed by atoms with Crippen LogP contribution in [-0.4, -0.2) is 24.8 Å². The van der Waals surface area contributed by atoms with Crippen molar-refractivity contribution in [1.29, 1.82) is 0 Å². The molecule has 0 aliphatic carbocycles. The molecule has 1 heterocycles. The highest BCUT2D eigenvalue weighted by Gasteiger charge is 2.30. The van der Waals surface area contributed by atoms with Crippen molar-refractivity contribution >= 4 is 23.2 Å². The first-order valence-electron chi connectivity index (χ1n) is 8.37. The Kier molecular flexibility index (Phi) is 8.73. The molecule has 1 aromatic heterocycles. The van der Waals surface area contributed by atoms with Crippen molar-refractivity contribution in [3.8, 4) is 17.4 Å². The molecule has 2 rings (SSSR count). The van der Waals surface area contributed by atoms with Crippen LogP contribution in [-0.2, 0) is 6.18 Å². The molecule has 0 spiro atoms. The lowest BCUT2D eigenvalue weighted by molar-refractivity contribution is -0.137. The van der Waals surface area contributed by atoms with Gasteiger partial charge in [-0.1, -0.05) is 23.2 Å². The quantitative estimate of drug-likeness (QED) is 0.426. The number of halogens is 5. The van der Waals surface area contributed by atoms with E-state index in [9.17, 15) is 13.2 Å². The molecule has 28 heavy (non-hydrogen) atoms. The van der Waals surface area contributed by atoms with E-state index < -0.39 is 11.7 Å². The van der Waals surface area contributed by atoms with Crippen LogP contribution in [0, 0.1) is 0 Å². The summed E-state index contributed by atoms with van der Waals surface area (Å²) in [6, 6.07) is 9.25. The summed E-state index contributed by atoms with van der Waals surface area (Å²) >= 11 is 11.0. The maximum atomic E-state index is 12.4. The maximum absolute atomic E-state index is 12.4. The molecular weight excluding hydrogens is 418 g/mol. The molecule has 1 aromatic carbocycles. The minimum absolute atomic E-state index is 0.151. The second kappa shape index (κ2) is 11.0. The van der Waals surface area contributed by atoms with Crippen LogP contribution in [0.3, 0.4) is 0 Å². The van der Waals surface area contributed by atoms with Crippen LogP contribution < -0.4 is 14.2 Å². The first-order chi connectivity index (χ1) is 13.3. The molecule has 0 unspecified atom stereocenters. The van der Waals surface area contributed by atoms with Gasteiger partial charge in [-0.05, 0) is 49.2 Å². The molecule has 0 saturated heterocycles. The average molecular weight is 436 g/mol. The summed E-state index contributed by atoms with van der Waals surface area (Å²) in [7, 11) is 0. The average Bonchev–Trinajstić information content (AvgIpc) is 2.65. The normalized spacial score (nSPS) is 11.0. The van der Waals surface area contributed by atoms with Gasteiger partial charge >= 0.3 is 6.18 Å². The molecule has 0 N–H and O–H groups in total. The van der Waals surface area contributed by atoms with Crippen molar-refractivity contribution in [1.82, 2.24) is 4.98 Å². The summed E-state index contributed by atoms with van der Waals surface area (Å²) in [6.07, 6.45) is -0.711. The number of ether oxygens (including phenoxy) is 3. The summed E-state index contributed by atoms with van der Waals surface area (Å²) < 4.78 is 53.8. The van der Waals surface area contributed by atoms with E-state index in [1.54, 1.807) is 24.3 Å². The summed E-state index contributed by atoms with van der Waals surface area (Å²) in [4.78, 5) is 3.65. The van der Waals surface area contributed by atoms with Crippen molar-refractivity contribution in [2.24, 2.45) is 0 Å². The van der Waals surface area contributed by atoms with Gasteiger partial charge in [-0.15, -0.1) is 0 Å². The molecule has 9 heteroatoms. The maximum Gasteiger partial charge on any atom is 0.417 e. The SMILES string of the molecule is FC(F)(F)c1ccc(OCCCCOc2ccc(OCC=C(Cl)Cl)cc2)nc1. The molecule has 0 aliphatic heterocycles. The minimum atomic E-state index is -4.40. The molecule has 152 valence electrons. The van der Waals surface area contributed by atoms with Gasteiger partial charge in [0.05, 0.1) is 18.8 Å². The molecular formula is C19H18Cl2F3NO3. The summed E-state index contributed by atoms with van der Waals surface area (Å²) in [5.74, 6) is 1.52. The topological polar surface area (TPSA) is 40.6 Å². The molecule has 0 bridgehead atoms. The second-order valence-corrected chi connectivity index (χ2v) is 6.57. The van der Waals surface area contributed by atoms with Crippen molar-refractivity contribution in [3.05, 3.63) is 58.7 Å². The Bertz CT molecular complexity index is 747. The Morgan fingerprint density at radius 3 is 2.04 bits per heavy atom. The lowest BCUT2D eigenvalue weighted by Gasteiger charge is -2.09. The third-order valence-corrected chi connectivity index (χ3v) is 3.74. The van der Waals surface area contributed by atoms with Gasteiger partial charge in [-0.2, -0.15) is 13.2 Å². The van der Waals surface area contributed by atoms with Gasteiger partial charge in [0, 0.05) is 12.3 Å². The van der Waals surface area contributed by atoms with Gasteiger partial charge in [-0.3, -0.25) is 0 Å². The Morgan fingerprint density at radius 2 is 1.50 bits per heavy atom. The van der Waals surface area contributed by atoms with Crippen LogP contribution in [0.25, 0.3) is 0 Å². The Labute approximate surface area is 170 Å². The number of hydrogen-bond donors (Lipinski definition) is 0. The standard InChI is InChI=1S/C19H18Cl2F3NO3/c20-17(21)9-12-27-16-6-4-15(5-7-16)26-10-1-2-11-28-18-8-3-14(13-25-18)19(22,23)24/h3-9,13H,1-2,10-12H2. The van der Waals surface area contributed by atoms with Crippen molar-refractivity contribution in [2.45, 2.75) is 19.0 Å². The van der Waals surface area contributed by atoms with Crippen LogP contribution in [0.2, 0.25) is 0 Å². The molecule has 4 nitrogen and oxygen atoms in total. The Balaban J connectivity index is 1.60. The number of aromatic nitrogens is 1. The lowest BCUT2D eigenvalue weighted by atomic mass is 10.3. The van der Waals surface area contributed by atoms with E-state index in [4.69, 9.17) is 37.4 Å². The summed E-state index contributed by atoms with van der Waals surface area (Å²) in [5, 5.41) is 0. The Morgan fingerprint density at radius 1 is 0.893 bits per heavy atom. The van der Waals surface area contributed by atoms with Crippen LogP contribution in [0.4, 0.5) is 13.2 Å². The van der Waals surface area contributed by atoms with E-state index in [0.29, 0.717) is 31.1 Å². The summed E-state index contributed by atoms with van der Waals surface area (Å²) in [6.45, 7) is 1.09. The zero-order valence-corrected chi connectivity index (χ0v) is 16.2. The molecule has 0 saturated carbocycles. The number of hydrogen-bond acceptors (Lipinski definition) is 4. The molecule has 0 amide bonds. The van der Waals surface area contributed by atoms with E-state index in [-0.39, 0.29) is 17.0 Å². The number of benzene rings is 1. The van der Waals surface area contributed by atoms with Crippen molar-refractivity contribution in [2.75, 3.05) is 19.8 Å². The van der Waals surface area contributed by atoms with Crippen molar-refractivity contribution in [3.63, 3.8) is 0 Å². The number of alkyl halides is 3. The van der Waals surface area contributed by atoms with Gasteiger partial charge in [0.1, 0.15) is 22.6 Å². The van der Waals surface area contributed by atoms with Crippen LogP contribution >= 0.6 is 23.2 Å². The first-order valence-corrected chi connectivity index (χ1v) is 9.13. The number of rotatable bonds is 10. The predicted octanol–water partition coefficient (Wildman–Crippen LogP) is 6.04. The molecule has 0 aliphatic rings. The highest BCUT2D eigenvalue weighted by atomic mass is 35.5. The van der Waals surface area contributed by atoms with Gasteiger partial charge in [0.15, 0.2) is 0 Å². The van der Waals surface area contributed by atoms with Gasteiger partial charge in [0.2, 0.25) is 5.88 Å². The highest BCUT2D eigenvalue weighted by Crippen LogP contribution is 2.29. The molecule has 2 aromatic rings. The Hall–Kier alpha value is -2.12. The first kappa shape index (κ1) is 22.2. The van der Waals surface area contributed by atoms with E-state index in [1.165, 1.54) is 12.1 Å². The molecule has 0 atom stereocenters. The molecule has 0 fully saturated rings. The smallest absolute Gasteiger partial charge is 0.417 e. The molecule has 0 radical (unpaired) electrons. The van der Waals surface area contributed by atoms with Crippen LogP contribution in [0.1, 0.15) is 18.4 Å². The fourth-order valence-corrected chi connectivity index (χ4v) is 2.16. The fourth-order valence-electron chi connectivity index (χ4n) is 2.04. The number of nitrogens with zero attached hydrogens (tertiary/aromatic N) is 1. The van der Waals surface area contributed by atoms with Gasteiger partial charge in [0.25, 0.3) is 0 Å². The highest BCUT2D eigenvalue weighted by molar-refractivity contribution is 6.55. The zero-order valence-electron chi connectivity index (χ0n) is 14.7. The lowest BCUT2D eigenvalue weighted by Crippen LogP contribution is -2.07. The monoisotopic (exact) mass is 435 g/mol. The van der Waals surface area contributed by atoms with E-state index in [0.717, 1.165) is 18.7 Å². The number of unbranched alkanes of at least 4 members (excludes halogenated alkanes) is 1. The second-order valence-electron chi connectivity index (χ2n) is 5.56. The van der Waals surface area contributed by atoms with Crippen molar-refractivity contribution < 1.29 is 27.4 Å². The minimum Gasteiger partial charge on any atom is -0.494 e.